The van der Waals surface area contributed by atoms with Gasteiger partial charge >= 0.3 is 5.97 Å². The van der Waals surface area contributed by atoms with Crippen LogP contribution in [0.5, 0.6) is 0 Å². The number of aliphatic carboxylic acids is 1. The van der Waals surface area contributed by atoms with Crippen LogP contribution in [0.25, 0.3) is 11.1 Å². The van der Waals surface area contributed by atoms with Gasteiger partial charge in [0.25, 0.3) is 5.91 Å². The molecule has 3 heterocycles. The van der Waals surface area contributed by atoms with Crippen molar-refractivity contribution < 1.29 is 19.8 Å². The molecule has 1 amide bonds. The second-order valence-corrected chi connectivity index (χ2v) is 15.7. The minimum atomic E-state index is -1.08. The fourth-order valence-corrected chi connectivity index (χ4v) is 9.04. The Morgan fingerprint density at radius 1 is 0.923 bits per heavy atom. The molecule has 52 heavy (non-hydrogen) atoms. The van der Waals surface area contributed by atoms with E-state index < -0.39 is 17.6 Å². The minimum absolute atomic E-state index is 0.265. The average molecular weight is 728 g/mol. The lowest BCUT2D eigenvalue weighted by Crippen LogP contribution is -2.34. The van der Waals surface area contributed by atoms with Crippen LogP contribution in [0, 0.1) is 24.2 Å². The van der Waals surface area contributed by atoms with Gasteiger partial charge in [-0.3, -0.25) is 9.59 Å². The fourth-order valence-electron chi connectivity index (χ4n) is 8.76. The molecular weight excluding hydrogens is 678 g/mol. The van der Waals surface area contributed by atoms with Gasteiger partial charge in [-0.1, -0.05) is 35.9 Å². The second kappa shape index (κ2) is 14.7. The van der Waals surface area contributed by atoms with Crippen molar-refractivity contribution in [3.05, 3.63) is 81.4 Å². The van der Waals surface area contributed by atoms with Crippen LogP contribution in [-0.4, -0.2) is 47.7 Å². The molecule has 11 nitrogen and oxygen atoms in total. The molecule has 2 unspecified atom stereocenters. The number of carboxylic acid groups (broad SMARTS) is 1. The van der Waals surface area contributed by atoms with Gasteiger partial charge in [-0.25, -0.2) is 9.97 Å². The molecule has 276 valence electrons. The first-order chi connectivity index (χ1) is 24.9. The molecule has 0 radical (unpaired) electrons. The standard InChI is InChI=1S/C40H50ClN7O4/c1-23-26(9-6-11-28(23)45-37(49)36-44-31-22-42-21-18-33(31)48(36)4)27-10-7-13-30(34(27)41)46-38(50)35-43-29-12-5-8-24(14-15-32(29)47(35)3)25-16-19-40(2,20-17-25)39(51)52/h6-7,9-11,13,24-25,38,42,46,50H,5,8,12,14-22H2,1-4H3,(H,45,49)(H,51,52). The number of aryl methyl sites for hydroxylation is 1. The summed E-state index contributed by atoms with van der Waals surface area (Å²) < 4.78 is 3.91. The predicted octanol–water partition coefficient (Wildman–Crippen LogP) is 6.95. The smallest absolute Gasteiger partial charge is 0.309 e. The maximum Gasteiger partial charge on any atom is 0.309 e. The summed E-state index contributed by atoms with van der Waals surface area (Å²) in [6, 6.07) is 11.4. The highest BCUT2D eigenvalue weighted by Crippen LogP contribution is 2.44. The number of hydrogen-bond donors (Lipinski definition) is 5. The number of amides is 1. The largest absolute Gasteiger partial charge is 0.481 e. The van der Waals surface area contributed by atoms with Gasteiger partial charge in [0.15, 0.2) is 17.9 Å². The summed E-state index contributed by atoms with van der Waals surface area (Å²) in [6.45, 7) is 5.37. The molecule has 2 aromatic carbocycles. The topological polar surface area (TPSA) is 146 Å². The zero-order chi connectivity index (χ0) is 36.7. The van der Waals surface area contributed by atoms with Crippen molar-refractivity contribution in [2.24, 2.45) is 31.3 Å². The molecule has 7 rings (SSSR count). The van der Waals surface area contributed by atoms with Gasteiger partial charge in [-0.2, -0.15) is 0 Å². The number of rotatable bonds is 8. The molecule has 1 saturated carbocycles. The molecule has 0 saturated heterocycles. The Labute approximate surface area is 310 Å². The number of carbonyl (C=O) groups excluding carboxylic acids is 1. The molecule has 4 aromatic rings. The minimum Gasteiger partial charge on any atom is -0.481 e. The normalized spacial score (nSPS) is 22.4. The first-order valence-electron chi connectivity index (χ1n) is 18.6. The monoisotopic (exact) mass is 727 g/mol. The van der Waals surface area contributed by atoms with Crippen molar-refractivity contribution in [1.29, 1.82) is 0 Å². The van der Waals surface area contributed by atoms with Gasteiger partial charge < -0.3 is 35.3 Å². The number of benzene rings is 2. The Hall–Kier alpha value is -4.19. The number of fused-ring (bicyclic) bond motifs is 2. The number of imidazole rings is 2. The van der Waals surface area contributed by atoms with E-state index in [-0.39, 0.29) is 5.91 Å². The van der Waals surface area contributed by atoms with E-state index in [0.29, 0.717) is 46.4 Å². The van der Waals surface area contributed by atoms with Crippen LogP contribution in [0.15, 0.2) is 36.4 Å². The quantitative estimate of drug-likeness (QED) is 0.123. The third-order valence-corrected chi connectivity index (χ3v) is 12.5. The van der Waals surface area contributed by atoms with Crippen LogP contribution in [0.3, 0.4) is 0 Å². The number of carboxylic acids is 1. The molecule has 5 N–H and O–H groups in total. The fraction of sp³-hybridized carbons (Fsp3) is 0.500. The number of anilines is 2. The maximum atomic E-state index is 13.4. The number of aromatic nitrogens is 4. The van der Waals surface area contributed by atoms with Gasteiger partial charge in [-0.15, -0.1) is 0 Å². The van der Waals surface area contributed by atoms with E-state index in [1.807, 2.05) is 73.5 Å². The molecule has 1 fully saturated rings. The Morgan fingerprint density at radius 3 is 2.35 bits per heavy atom. The zero-order valence-corrected chi connectivity index (χ0v) is 31.3. The zero-order valence-electron chi connectivity index (χ0n) is 30.6. The van der Waals surface area contributed by atoms with E-state index in [4.69, 9.17) is 16.6 Å². The van der Waals surface area contributed by atoms with Crippen LogP contribution in [0.1, 0.15) is 103 Å². The molecule has 1 aliphatic heterocycles. The number of nitrogens with one attached hydrogen (secondary N) is 3. The summed E-state index contributed by atoms with van der Waals surface area (Å²) in [5, 5.41) is 31.3. The molecule has 12 heteroatoms. The molecule has 3 aliphatic rings. The Morgan fingerprint density at radius 2 is 1.62 bits per heavy atom. The van der Waals surface area contributed by atoms with Crippen LogP contribution in [0.2, 0.25) is 5.02 Å². The molecule has 0 spiro atoms. The highest BCUT2D eigenvalue weighted by molar-refractivity contribution is 6.36. The number of aliphatic hydroxyl groups excluding tert-OH is 1. The number of hydrogen-bond acceptors (Lipinski definition) is 7. The molecular formula is C40H50ClN7O4. The van der Waals surface area contributed by atoms with Gasteiger partial charge in [0.05, 0.1) is 27.5 Å². The third-order valence-electron chi connectivity index (χ3n) is 12.1. The third kappa shape index (κ3) is 6.86. The summed E-state index contributed by atoms with van der Waals surface area (Å²) in [6.07, 6.45) is 8.12. The van der Waals surface area contributed by atoms with E-state index in [1.54, 1.807) is 0 Å². The van der Waals surface area contributed by atoms with E-state index in [1.165, 1.54) is 0 Å². The van der Waals surface area contributed by atoms with Crippen LogP contribution in [-0.2, 0) is 44.7 Å². The first-order valence-corrected chi connectivity index (χ1v) is 19.0. The Kier molecular flexibility index (Phi) is 10.2. The van der Waals surface area contributed by atoms with Crippen molar-refractivity contribution in [3.8, 4) is 11.1 Å². The van der Waals surface area contributed by atoms with E-state index in [0.717, 1.165) is 110 Å². The summed E-state index contributed by atoms with van der Waals surface area (Å²) in [4.78, 5) is 34.7. The SMILES string of the molecule is Cc1c(NC(=O)c2nc3c(n2C)CCNC3)cccc1-c1cccc(NC(O)c2nc3c(n2C)CCC(C2CCC(C)(C(=O)O)CC2)CCC3)c1Cl. The number of halogens is 1. The van der Waals surface area contributed by atoms with Crippen LogP contribution < -0.4 is 16.0 Å². The van der Waals surface area contributed by atoms with Gasteiger partial charge in [0.1, 0.15) is 0 Å². The number of carbonyl (C=O) groups is 2. The molecule has 0 bridgehead atoms. The maximum absolute atomic E-state index is 13.4. The average Bonchev–Trinajstić information content (AvgIpc) is 3.62. The highest BCUT2D eigenvalue weighted by Gasteiger charge is 2.39. The van der Waals surface area contributed by atoms with Gasteiger partial charge in [0.2, 0.25) is 0 Å². The lowest BCUT2D eigenvalue weighted by atomic mass is 9.66. The summed E-state index contributed by atoms with van der Waals surface area (Å²) in [5.74, 6) is 1.13. The molecule has 2 atom stereocenters. The highest BCUT2D eigenvalue weighted by atomic mass is 35.5. The van der Waals surface area contributed by atoms with Crippen molar-refractivity contribution in [2.75, 3.05) is 17.2 Å². The summed E-state index contributed by atoms with van der Waals surface area (Å²) in [5.41, 5.74) is 7.35. The van der Waals surface area contributed by atoms with E-state index in [9.17, 15) is 19.8 Å². The van der Waals surface area contributed by atoms with Crippen LogP contribution in [0.4, 0.5) is 11.4 Å². The number of aliphatic hydroxyl groups is 1. The van der Waals surface area contributed by atoms with Crippen molar-refractivity contribution in [3.63, 3.8) is 0 Å². The van der Waals surface area contributed by atoms with Crippen LogP contribution >= 0.6 is 11.6 Å². The van der Waals surface area contributed by atoms with E-state index in [2.05, 4.69) is 20.9 Å². The van der Waals surface area contributed by atoms with Gasteiger partial charge in [-0.05, 0) is 107 Å². The van der Waals surface area contributed by atoms with Crippen molar-refractivity contribution >= 4 is 34.9 Å². The lowest BCUT2D eigenvalue weighted by Gasteiger charge is -2.38. The van der Waals surface area contributed by atoms with Gasteiger partial charge in [0, 0.05) is 56.2 Å². The molecule has 2 aliphatic carbocycles. The predicted molar refractivity (Wildman–Crippen MR) is 202 cm³/mol. The number of nitrogens with zero attached hydrogens (tertiary/aromatic N) is 4. The Bertz CT molecular complexity index is 1990. The lowest BCUT2D eigenvalue weighted by molar-refractivity contribution is -0.150. The summed E-state index contributed by atoms with van der Waals surface area (Å²) >= 11 is 7.05. The van der Waals surface area contributed by atoms with Crippen molar-refractivity contribution in [2.45, 2.75) is 90.8 Å². The second-order valence-electron chi connectivity index (χ2n) is 15.3. The molecule has 2 aromatic heterocycles. The van der Waals surface area contributed by atoms with E-state index >= 15 is 0 Å². The Balaban J connectivity index is 1.05. The van der Waals surface area contributed by atoms with Crippen molar-refractivity contribution in [1.82, 2.24) is 24.4 Å². The first kappa shape index (κ1) is 36.2. The summed E-state index contributed by atoms with van der Waals surface area (Å²) in [7, 11) is 3.86.